The third-order valence-electron chi connectivity index (χ3n) is 5.78. The third-order valence-corrected chi connectivity index (χ3v) is 5.78. The quantitative estimate of drug-likeness (QED) is 0.415. The number of ether oxygens (including phenoxy) is 2. The largest absolute Gasteiger partial charge is 0.417 e. The van der Waals surface area contributed by atoms with Gasteiger partial charge in [0.15, 0.2) is 11.5 Å². The molecule has 4 aromatic rings. The maximum atomic E-state index is 12.6. The first-order valence-corrected chi connectivity index (χ1v) is 10.9. The van der Waals surface area contributed by atoms with Gasteiger partial charge in [0.05, 0.1) is 12.3 Å². The molecule has 0 unspecified atom stereocenters. The SMILES string of the molecule is COCc1cc(=O)n2nc(N3CCc4ncc(-c5ccc(OC(F)F)nc5)cc4C3)c(C)cc2n1. The second kappa shape index (κ2) is 9.34. The summed E-state index contributed by atoms with van der Waals surface area (Å²) in [6, 6.07) is 8.36. The molecule has 0 fully saturated rings. The molecular formula is C24H22F2N6O3. The van der Waals surface area contributed by atoms with E-state index in [1.54, 1.807) is 19.4 Å². The summed E-state index contributed by atoms with van der Waals surface area (Å²) in [6.45, 7) is 0.526. The molecule has 0 radical (unpaired) electrons. The zero-order valence-electron chi connectivity index (χ0n) is 19.1. The van der Waals surface area contributed by atoms with Crippen molar-refractivity contribution in [3.63, 3.8) is 0 Å². The van der Waals surface area contributed by atoms with E-state index >= 15 is 0 Å². The minimum absolute atomic E-state index is 0.141. The molecule has 1 aliphatic rings. The lowest BCUT2D eigenvalue weighted by atomic mass is 10.0. The van der Waals surface area contributed by atoms with E-state index in [9.17, 15) is 13.6 Å². The molecule has 0 saturated carbocycles. The Morgan fingerprint density at radius 3 is 2.69 bits per heavy atom. The fourth-order valence-electron chi connectivity index (χ4n) is 4.18. The second-order valence-corrected chi connectivity index (χ2v) is 8.20. The van der Waals surface area contributed by atoms with Crippen LogP contribution in [-0.2, 0) is 24.3 Å². The monoisotopic (exact) mass is 480 g/mol. The van der Waals surface area contributed by atoms with Gasteiger partial charge in [0.1, 0.15) is 0 Å². The van der Waals surface area contributed by atoms with Gasteiger partial charge >= 0.3 is 6.61 Å². The average molecular weight is 480 g/mol. The van der Waals surface area contributed by atoms with Crippen molar-refractivity contribution < 1.29 is 18.3 Å². The summed E-state index contributed by atoms with van der Waals surface area (Å²) >= 11 is 0. The van der Waals surface area contributed by atoms with E-state index < -0.39 is 6.61 Å². The molecule has 0 saturated heterocycles. The molecule has 35 heavy (non-hydrogen) atoms. The number of anilines is 1. The Labute approximate surface area is 199 Å². The summed E-state index contributed by atoms with van der Waals surface area (Å²) in [7, 11) is 1.55. The predicted octanol–water partition coefficient (Wildman–Crippen LogP) is 3.17. The van der Waals surface area contributed by atoms with Crippen LogP contribution >= 0.6 is 0 Å². The van der Waals surface area contributed by atoms with E-state index in [-0.39, 0.29) is 18.0 Å². The molecule has 0 spiro atoms. The molecule has 180 valence electrons. The Morgan fingerprint density at radius 2 is 1.94 bits per heavy atom. The lowest BCUT2D eigenvalue weighted by Crippen LogP contribution is -2.33. The zero-order valence-corrected chi connectivity index (χ0v) is 19.1. The molecule has 11 heteroatoms. The van der Waals surface area contributed by atoms with Gasteiger partial charge in [-0.15, -0.1) is 5.10 Å². The fourth-order valence-corrected chi connectivity index (χ4v) is 4.18. The van der Waals surface area contributed by atoms with Crippen LogP contribution in [0, 0.1) is 6.92 Å². The number of rotatable bonds is 6. The number of hydrogen-bond acceptors (Lipinski definition) is 8. The van der Waals surface area contributed by atoms with Gasteiger partial charge in [-0.2, -0.15) is 13.3 Å². The van der Waals surface area contributed by atoms with Crippen molar-refractivity contribution in [3.8, 4) is 17.0 Å². The van der Waals surface area contributed by atoms with Gasteiger partial charge in [-0.3, -0.25) is 9.78 Å². The fraction of sp³-hybridized carbons (Fsp3) is 0.292. The summed E-state index contributed by atoms with van der Waals surface area (Å²) in [5, 5.41) is 4.61. The Bertz CT molecular complexity index is 1440. The summed E-state index contributed by atoms with van der Waals surface area (Å²) in [5.41, 5.74) is 5.22. The summed E-state index contributed by atoms with van der Waals surface area (Å²) in [6.07, 6.45) is 3.95. The van der Waals surface area contributed by atoms with Crippen molar-refractivity contribution in [1.82, 2.24) is 24.6 Å². The van der Waals surface area contributed by atoms with E-state index in [0.29, 0.717) is 36.7 Å². The molecule has 5 heterocycles. The molecule has 0 bridgehead atoms. The maximum absolute atomic E-state index is 12.6. The van der Waals surface area contributed by atoms with Gasteiger partial charge in [0.25, 0.3) is 5.56 Å². The lowest BCUT2D eigenvalue weighted by molar-refractivity contribution is -0.0528. The van der Waals surface area contributed by atoms with Gasteiger partial charge in [-0.25, -0.2) is 9.97 Å². The Morgan fingerprint density at radius 1 is 1.11 bits per heavy atom. The second-order valence-electron chi connectivity index (χ2n) is 8.20. The molecule has 0 atom stereocenters. The van der Waals surface area contributed by atoms with Crippen molar-refractivity contribution in [1.29, 1.82) is 0 Å². The highest BCUT2D eigenvalue weighted by molar-refractivity contribution is 5.64. The minimum Gasteiger partial charge on any atom is -0.417 e. The minimum atomic E-state index is -2.92. The number of methoxy groups -OCH3 is 1. The van der Waals surface area contributed by atoms with Crippen LogP contribution < -0.4 is 15.2 Å². The smallest absolute Gasteiger partial charge is 0.388 e. The standard InChI is InChI=1S/C24H22F2N6O3/c1-14-7-20-29-18(13-34-2)9-22(33)32(20)30-23(14)31-6-5-19-17(12-31)8-16(11-27-19)15-3-4-21(28-10-15)35-24(25)26/h3-4,7-11,24H,5-6,12-13H2,1-2H3. The molecule has 0 aromatic carbocycles. The molecule has 0 aliphatic carbocycles. The Hall–Kier alpha value is -3.99. The summed E-state index contributed by atoms with van der Waals surface area (Å²) in [5.74, 6) is 0.560. The van der Waals surface area contributed by atoms with Crippen molar-refractivity contribution in [2.75, 3.05) is 18.6 Å². The molecule has 9 nitrogen and oxygen atoms in total. The van der Waals surface area contributed by atoms with Crippen molar-refractivity contribution >= 4 is 11.5 Å². The van der Waals surface area contributed by atoms with Crippen LogP contribution in [0.3, 0.4) is 0 Å². The van der Waals surface area contributed by atoms with Crippen LogP contribution in [0.25, 0.3) is 16.8 Å². The van der Waals surface area contributed by atoms with Crippen molar-refractivity contribution in [3.05, 3.63) is 75.6 Å². The molecular weight excluding hydrogens is 458 g/mol. The van der Waals surface area contributed by atoms with E-state index in [0.717, 1.165) is 27.9 Å². The first kappa shape index (κ1) is 22.8. The molecule has 5 rings (SSSR count). The van der Waals surface area contributed by atoms with Gasteiger partial charge in [0.2, 0.25) is 5.88 Å². The van der Waals surface area contributed by atoms with Gasteiger partial charge in [-0.1, -0.05) is 0 Å². The van der Waals surface area contributed by atoms with E-state index in [1.807, 2.05) is 19.1 Å². The Kier molecular flexibility index (Phi) is 6.08. The number of aryl methyl sites for hydroxylation is 1. The van der Waals surface area contributed by atoms with Crippen LogP contribution in [0.2, 0.25) is 0 Å². The first-order chi connectivity index (χ1) is 16.9. The molecule has 0 amide bonds. The van der Waals surface area contributed by atoms with Crippen molar-refractivity contribution in [2.45, 2.75) is 33.1 Å². The van der Waals surface area contributed by atoms with Crippen LogP contribution in [-0.4, -0.2) is 44.8 Å². The molecule has 1 aliphatic heterocycles. The number of pyridine rings is 2. The average Bonchev–Trinajstić information content (AvgIpc) is 2.83. The predicted molar refractivity (Wildman–Crippen MR) is 124 cm³/mol. The van der Waals surface area contributed by atoms with Crippen LogP contribution in [0.15, 0.2) is 47.5 Å². The highest BCUT2D eigenvalue weighted by Crippen LogP contribution is 2.28. The number of halogens is 2. The Balaban J connectivity index is 1.43. The topological polar surface area (TPSA) is 94.7 Å². The highest BCUT2D eigenvalue weighted by atomic mass is 19.3. The summed E-state index contributed by atoms with van der Waals surface area (Å²) in [4.78, 5) is 27.7. The summed E-state index contributed by atoms with van der Waals surface area (Å²) < 4.78 is 35.5. The van der Waals surface area contributed by atoms with E-state index in [4.69, 9.17) is 4.74 Å². The number of aromatic nitrogens is 5. The number of nitrogens with zero attached hydrogens (tertiary/aromatic N) is 6. The van der Waals surface area contributed by atoms with Crippen molar-refractivity contribution in [2.24, 2.45) is 0 Å². The lowest BCUT2D eigenvalue weighted by Gasteiger charge is -2.30. The van der Waals surface area contributed by atoms with E-state index in [1.165, 1.54) is 22.8 Å². The number of fused-ring (bicyclic) bond motifs is 2. The van der Waals surface area contributed by atoms with Gasteiger partial charge < -0.3 is 14.4 Å². The van der Waals surface area contributed by atoms with Crippen LogP contribution in [0.5, 0.6) is 5.88 Å². The molecule has 4 aromatic heterocycles. The maximum Gasteiger partial charge on any atom is 0.388 e. The molecule has 0 N–H and O–H groups in total. The van der Waals surface area contributed by atoms with E-state index in [2.05, 4.69) is 29.7 Å². The van der Waals surface area contributed by atoms with Gasteiger partial charge in [0, 0.05) is 68.0 Å². The number of hydrogen-bond donors (Lipinski definition) is 0. The van der Waals surface area contributed by atoms with Crippen LogP contribution in [0.4, 0.5) is 14.6 Å². The third kappa shape index (κ3) is 4.67. The first-order valence-electron chi connectivity index (χ1n) is 10.9. The zero-order chi connectivity index (χ0) is 24.5. The number of alkyl halides is 2. The normalized spacial score (nSPS) is 13.3. The highest BCUT2D eigenvalue weighted by Gasteiger charge is 2.22. The van der Waals surface area contributed by atoms with Gasteiger partial charge in [-0.05, 0) is 36.2 Å². The van der Waals surface area contributed by atoms with Crippen LogP contribution in [0.1, 0.15) is 22.5 Å².